The van der Waals surface area contributed by atoms with Crippen molar-refractivity contribution >= 4 is 23.0 Å². The Morgan fingerprint density at radius 2 is 1.54 bits per heavy atom. The lowest BCUT2D eigenvalue weighted by Gasteiger charge is -2.32. The van der Waals surface area contributed by atoms with Gasteiger partial charge in [-0.2, -0.15) is 31.4 Å². The molecule has 0 saturated carbocycles. The molecule has 0 fully saturated rings. The Hall–Kier alpha value is -3.31. The summed E-state index contributed by atoms with van der Waals surface area (Å²) in [7, 11) is 1.40. The van der Waals surface area contributed by atoms with Gasteiger partial charge in [-0.05, 0) is 29.8 Å². The summed E-state index contributed by atoms with van der Waals surface area (Å²) in [5, 5.41) is 14.3. The molecular formula is C25H18ClF7N2O2. The number of ether oxygens (including phenoxy) is 1. The molecule has 0 radical (unpaired) electrons. The van der Waals surface area contributed by atoms with E-state index in [-0.39, 0.29) is 21.8 Å². The fourth-order valence-electron chi connectivity index (χ4n) is 4.16. The maximum Gasteiger partial charge on any atom is 0.431 e. The summed E-state index contributed by atoms with van der Waals surface area (Å²) in [5.41, 5.74) is -6.32. The molecule has 1 N–H and O–H groups in total. The highest BCUT2D eigenvalue weighted by Crippen LogP contribution is 2.49. The van der Waals surface area contributed by atoms with Gasteiger partial charge in [-0.15, -0.1) is 0 Å². The van der Waals surface area contributed by atoms with Crippen molar-refractivity contribution in [1.82, 2.24) is 0 Å². The third-order valence-corrected chi connectivity index (χ3v) is 6.34. The van der Waals surface area contributed by atoms with Gasteiger partial charge >= 0.3 is 12.4 Å². The second-order valence-electron chi connectivity index (χ2n) is 8.21. The summed E-state index contributed by atoms with van der Waals surface area (Å²) < 4.78 is 102. The first-order chi connectivity index (χ1) is 17.3. The summed E-state index contributed by atoms with van der Waals surface area (Å²) in [6.45, 7) is 0. The molecule has 12 heteroatoms. The zero-order valence-corrected chi connectivity index (χ0v) is 19.7. The van der Waals surface area contributed by atoms with E-state index in [1.54, 1.807) is 24.3 Å². The zero-order chi connectivity index (χ0) is 27.2. The average molecular weight is 547 g/mol. The smallest absolute Gasteiger partial charge is 0.431 e. The van der Waals surface area contributed by atoms with Gasteiger partial charge in [0.05, 0.1) is 29.6 Å². The first-order valence-corrected chi connectivity index (χ1v) is 11.1. The van der Waals surface area contributed by atoms with Crippen LogP contribution in [0.3, 0.4) is 0 Å². The first kappa shape index (κ1) is 26.7. The third kappa shape index (κ3) is 4.61. The van der Waals surface area contributed by atoms with Crippen molar-refractivity contribution in [2.24, 2.45) is 5.10 Å². The normalized spacial score (nSPS) is 16.6. The largest absolute Gasteiger partial charge is 0.496 e. The highest BCUT2D eigenvalue weighted by atomic mass is 35.5. The topological polar surface area (TPSA) is 45.1 Å². The van der Waals surface area contributed by atoms with Gasteiger partial charge in [0.1, 0.15) is 11.6 Å². The van der Waals surface area contributed by atoms with Crippen LogP contribution in [0.4, 0.5) is 36.4 Å². The van der Waals surface area contributed by atoms with Crippen LogP contribution in [0.25, 0.3) is 11.1 Å². The molecule has 0 amide bonds. The van der Waals surface area contributed by atoms with Crippen LogP contribution in [0.2, 0.25) is 5.02 Å². The quantitative estimate of drug-likeness (QED) is 0.341. The highest BCUT2D eigenvalue weighted by molar-refractivity contribution is 6.33. The molecule has 1 heterocycles. The van der Waals surface area contributed by atoms with Crippen molar-refractivity contribution in [3.05, 3.63) is 83.1 Å². The Morgan fingerprint density at radius 3 is 2.14 bits per heavy atom. The molecule has 0 saturated heterocycles. The van der Waals surface area contributed by atoms with Gasteiger partial charge in [-0.25, -0.2) is 4.39 Å². The maximum absolute atomic E-state index is 15.3. The van der Waals surface area contributed by atoms with Crippen LogP contribution >= 0.6 is 11.6 Å². The number of aliphatic hydroxyl groups is 1. The maximum atomic E-state index is 15.3. The van der Waals surface area contributed by atoms with E-state index in [2.05, 4.69) is 5.10 Å². The number of hydrogen-bond acceptors (Lipinski definition) is 4. The van der Waals surface area contributed by atoms with Crippen molar-refractivity contribution in [2.45, 2.75) is 30.4 Å². The van der Waals surface area contributed by atoms with Crippen LogP contribution in [-0.4, -0.2) is 35.9 Å². The van der Waals surface area contributed by atoms with E-state index in [0.29, 0.717) is 11.3 Å². The Kier molecular flexibility index (Phi) is 6.89. The lowest BCUT2D eigenvalue weighted by atomic mass is 9.89. The van der Waals surface area contributed by atoms with Crippen LogP contribution in [0.15, 0.2) is 71.8 Å². The minimum absolute atomic E-state index is 0.0153. The van der Waals surface area contributed by atoms with E-state index in [1.165, 1.54) is 43.5 Å². The minimum atomic E-state index is -6.12. The van der Waals surface area contributed by atoms with Gasteiger partial charge in [0.2, 0.25) is 0 Å². The molecule has 0 bridgehead atoms. The van der Waals surface area contributed by atoms with Gasteiger partial charge < -0.3 is 9.84 Å². The number of alkyl halides is 6. The molecule has 3 aromatic rings. The van der Waals surface area contributed by atoms with Crippen molar-refractivity contribution in [3.63, 3.8) is 0 Å². The number of methoxy groups -OCH3 is 1. The zero-order valence-electron chi connectivity index (χ0n) is 18.9. The monoisotopic (exact) mass is 546 g/mol. The van der Waals surface area contributed by atoms with Gasteiger partial charge in [-0.1, -0.05) is 54.1 Å². The van der Waals surface area contributed by atoms with E-state index in [1.807, 2.05) is 0 Å². The molecule has 1 atom stereocenters. The van der Waals surface area contributed by atoms with Crippen molar-refractivity contribution in [3.8, 4) is 16.9 Å². The third-order valence-electron chi connectivity index (χ3n) is 6.02. The number of para-hydroxylation sites is 2. The van der Waals surface area contributed by atoms with Crippen LogP contribution in [0.1, 0.15) is 18.0 Å². The van der Waals surface area contributed by atoms with Crippen LogP contribution in [0.5, 0.6) is 5.75 Å². The van der Waals surface area contributed by atoms with Crippen LogP contribution in [-0.2, 0) is 0 Å². The number of halogens is 8. The number of nitrogens with zero attached hydrogens (tertiary/aromatic N) is 2. The Balaban J connectivity index is 1.83. The van der Waals surface area contributed by atoms with Gasteiger partial charge in [0, 0.05) is 17.5 Å². The summed E-state index contributed by atoms with van der Waals surface area (Å²) in [6, 6.07) is 14.5. The van der Waals surface area contributed by atoms with E-state index >= 15 is 4.39 Å². The highest BCUT2D eigenvalue weighted by Gasteiger charge is 2.74. The number of hydrazone groups is 1. The average Bonchev–Trinajstić information content (AvgIpc) is 3.27. The molecule has 3 aromatic carbocycles. The van der Waals surface area contributed by atoms with E-state index in [4.69, 9.17) is 16.3 Å². The predicted octanol–water partition coefficient (Wildman–Crippen LogP) is 7.32. The van der Waals surface area contributed by atoms with E-state index in [0.717, 1.165) is 11.1 Å². The lowest BCUT2D eigenvalue weighted by Crippen LogP contribution is -2.62. The number of anilines is 1. The number of rotatable bonds is 5. The van der Waals surface area contributed by atoms with Gasteiger partial charge in [0.15, 0.2) is 0 Å². The molecule has 0 aromatic heterocycles. The molecule has 4 nitrogen and oxygen atoms in total. The van der Waals surface area contributed by atoms with Crippen molar-refractivity contribution in [1.29, 1.82) is 0 Å². The Morgan fingerprint density at radius 1 is 0.919 bits per heavy atom. The summed E-state index contributed by atoms with van der Waals surface area (Å²) in [5.74, 6) is -0.435. The van der Waals surface area contributed by atoms with E-state index in [9.17, 15) is 31.4 Å². The molecule has 196 valence electrons. The number of benzene rings is 3. The standard InChI is InChI=1S/C25H18ClF7N2O2/c1-37-21-9-5-2-6-16(21)15-11-10-14(12-18(15)27)20-13-22(23(36,24(28,29)30)25(31,32)33)34-35(20)19-8-4-3-7-17(19)26/h2-12,20,36H,13H2,1H3. The lowest BCUT2D eigenvalue weighted by molar-refractivity contribution is -0.338. The number of hydrogen-bond donors (Lipinski definition) is 1. The second kappa shape index (κ2) is 9.53. The summed E-state index contributed by atoms with van der Waals surface area (Å²) in [4.78, 5) is 0. The fraction of sp³-hybridized carbons (Fsp3) is 0.240. The summed E-state index contributed by atoms with van der Waals surface area (Å²) >= 11 is 6.16. The summed E-state index contributed by atoms with van der Waals surface area (Å²) in [6.07, 6.45) is -13.2. The minimum Gasteiger partial charge on any atom is -0.496 e. The van der Waals surface area contributed by atoms with Gasteiger partial charge in [-0.3, -0.25) is 5.01 Å². The Labute approximate surface area is 211 Å². The van der Waals surface area contributed by atoms with E-state index < -0.39 is 41.9 Å². The molecule has 37 heavy (non-hydrogen) atoms. The SMILES string of the molecule is COc1ccccc1-c1ccc(C2CC(C(O)(C(F)(F)F)C(F)(F)F)=NN2c2ccccc2Cl)cc1F. The molecule has 1 aliphatic rings. The predicted molar refractivity (Wildman–Crippen MR) is 124 cm³/mol. The molecule has 1 unspecified atom stereocenters. The van der Waals surface area contributed by atoms with Crippen LogP contribution < -0.4 is 9.75 Å². The van der Waals surface area contributed by atoms with Crippen molar-refractivity contribution < 1.29 is 40.6 Å². The second-order valence-corrected chi connectivity index (χ2v) is 8.62. The molecular weight excluding hydrogens is 529 g/mol. The van der Waals surface area contributed by atoms with Gasteiger partial charge in [0.25, 0.3) is 5.60 Å². The molecule has 1 aliphatic heterocycles. The molecule has 0 aliphatic carbocycles. The first-order valence-electron chi connectivity index (χ1n) is 10.7. The van der Waals surface area contributed by atoms with Crippen molar-refractivity contribution in [2.75, 3.05) is 12.1 Å². The Bertz CT molecular complexity index is 1330. The fourth-order valence-corrected chi connectivity index (χ4v) is 4.38. The van der Waals surface area contributed by atoms with Crippen LogP contribution in [0, 0.1) is 5.82 Å². The molecule has 0 spiro atoms. The molecule has 4 rings (SSSR count).